The van der Waals surface area contributed by atoms with Gasteiger partial charge < -0.3 is 10.5 Å². The van der Waals surface area contributed by atoms with Crippen molar-refractivity contribution < 1.29 is 13.2 Å². The van der Waals surface area contributed by atoms with E-state index in [4.69, 9.17) is 10.5 Å². The molecule has 1 heterocycles. The van der Waals surface area contributed by atoms with Gasteiger partial charge in [-0.3, -0.25) is 0 Å². The molecule has 114 valence electrons. The molecule has 1 saturated carbocycles. The molecule has 1 aliphatic carbocycles. The summed E-state index contributed by atoms with van der Waals surface area (Å²) < 4.78 is 33.1. The summed E-state index contributed by atoms with van der Waals surface area (Å²) in [6.45, 7) is 1.04. The molecule has 8 heteroatoms. The van der Waals surface area contributed by atoms with Gasteiger partial charge >= 0.3 is 0 Å². The predicted molar refractivity (Wildman–Crippen MR) is 83.3 cm³/mol. The Balaban J connectivity index is 1.85. The van der Waals surface area contributed by atoms with E-state index >= 15 is 0 Å². The first-order valence-electron chi connectivity index (χ1n) is 6.62. The molecule has 0 atom stereocenters. The summed E-state index contributed by atoms with van der Waals surface area (Å²) in [5.74, 6) is 0. The van der Waals surface area contributed by atoms with E-state index < -0.39 is 10.0 Å². The average molecular weight is 383 g/mol. The minimum absolute atomic E-state index is 0.254. The van der Waals surface area contributed by atoms with Crippen molar-refractivity contribution in [2.75, 3.05) is 13.2 Å². The third-order valence-electron chi connectivity index (χ3n) is 3.25. The van der Waals surface area contributed by atoms with Crippen LogP contribution in [-0.4, -0.2) is 27.7 Å². The van der Waals surface area contributed by atoms with Crippen LogP contribution in [0, 0.1) is 0 Å². The van der Waals surface area contributed by atoms with Crippen LogP contribution in [0.25, 0.3) is 0 Å². The monoisotopic (exact) mass is 382 g/mol. The van der Waals surface area contributed by atoms with Gasteiger partial charge in [-0.15, -0.1) is 11.3 Å². The van der Waals surface area contributed by atoms with Gasteiger partial charge in [0, 0.05) is 18.0 Å². The molecule has 0 bridgehead atoms. The van der Waals surface area contributed by atoms with Gasteiger partial charge in [0.2, 0.25) is 10.0 Å². The molecular formula is C12H19BrN2O3S2. The lowest BCUT2D eigenvalue weighted by atomic mass is 10.3. The number of ether oxygens (including phenoxy) is 1. The summed E-state index contributed by atoms with van der Waals surface area (Å²) in [4.78, 5) is 1.09. The maximum absolute atomic E-state index is 12.1. The largest absolute Gasteiger partial charge is 0.377 e. The zero-order valence-corrected chi connectivity index (χ0v) is 14.3. The standard InChI is InChI=1S/C12H19BrN2O3S2/c13-12-11(7-10(8-14)19-12)20(16,17)15-5-6-18-9-3-1-2-4-9/h7,9,15H,1-6,8,14H2. The topological polar surface area (TPSA) is 81.4 Å². The summed E-state index contributed by atoms with van der Waals surface area (Å²) in [5.41, 5.74) is 5.52. The highest BCUT2D eigenvalue weighted by Gasteiger charge is 2.21. The predicted octanol–water partition coefficient (Wildman–Crippen LogP) is 2.21. The van der Waals surface area contributed by atoms with Crippen molar-refractivity contribution in [3.05, 3.63) is 14.7 Å². The van der Waals surface area contributed by atoms with E-state index in [0.29, 0.717) is 29.6 Å². The van der Waals surface area contributed by atoms with Crippen LogP contribution in [0.1, 0.15) is 30.6 Å². The minimum atomic E-state index is -3.50. The number of sulfonamides is 1. The van der Waals surface area contributed by atoms with E-state index in [0.717, 1.165) is 17.7 Å². The van der Waals surface area contributed by atoms with Crippen LogP contribution < -0.4 is 10.5 Å². The first-order chi connectivity index (χ1) is 9.53. The molecule has 0 saturated heterocycles. The summed E-state index contributed by atoms with van der Waals surface area (Å²) in [6.07, 6.45) is 4.89. The third kappa shape index (κ3) is 4.25. The summed E-state index contributed by atoms with van der Waals surface area (Å²) in [7, 11) is -3.50. The van der Waals surface area contributed by atoms with Gasteiger partial charge in [-0.1, -0.05) is 12.8 Å². The van der Waals surface area contributed by atoms with Gasteiger partial charge in [-0.2, -0.15) is 0 Å². The van der Waals surface area contributed by atoms with Gasteiger partial charge in [-0.25, -0.2) is 13.1 Å². The average Bonchev–Trinajstić information content (AvgIpc) is 3.04. The molecule has 20 heavy (non-hydrogen) atoms. The van der Waals surface area contributed by atoms with Crippen molar-refractivity contribution in [2.45, 2.75) is 43.2 Å². The molecule has 0 spiro atoms. The Morgan fingerprint density at radius 1 is 1.45 bits per heavy atom. The van der Waals surface area contributed by atoms with Gasteiger partial charge in [0.15, 0.2) is 0 Å². The van der Waals surface area contributed by atoms with Crippen molar-refractivity contribution in [3.8, 4) is 0 Å². The second-order valence-electron chi connectivity index (χ2n) is 4.73. The van der Waals surface area contributed by atoms with Crippen LogP contribution in [0.15, 0.2) is 14.7 Å². The van der Waals surface area contributed by atoms with E-state index in [1.807, 2.05) is 0 Å². The van der Waals surface area contributed by atoms with Crippen molar-refractivity contribution >= 4 is 37.3 Å². The minimum Gasteiger partial charge on any atom is -0.377 e. The first kappa shape index (κ1) is 16.4. The van der Waals surface area contributed by atoms with E-state index in [-0.39, 0.29) is 4.90 Å². The first-order valence-corrected chi connectivity index (χ1v) is 9.72. The molecule has 1 fully saturated rings. The van der Waals surface area contributed by atoms with Gasteiger partial charge in [0.05, 0.1) is 16.5 Å². The molecule has 3 N–H and O–H groups in total. The Morgan fingerprint density at radius 3 is 2.75 bits per heavy atom. The van der Waals surface area contributed by atoms with E-state index in [2.05, 4.69) is 20.7 Å². The number of nitrogens with two attached hydrogens (primary N) is 1. The molecule has 0 aliphatic heterocycles. The van der Waals surface area contributed by atoms with E-state index in [1.54, 1.807) is 6.07 Å². The fraction of sp³-hybridized carbons (Fsp3) is 0.667. The Kier molecular flexibility index (Phi) is 6.00. The molecule has 0 aromatic carbocycles. The zero-order valence-electron chi connectivity index (χ0n) is 11.1. The molecule has 1 aliphatic rings. The number of thiophene rings is 1. The molecule has 1 aromatic heterocycles. The van der Waals surface area contributed by atoms with Crippen molar-refractivity contribution in [3.63, 3.8) is 0 Å². The molecule has 0 amide bonds. The molecular weight excluding hydrogens is 364 g/mol. The number of nitrogens with one attached hydrogen (secondary N) is 1. The highest BCUT2D eigenvalue weighted by Crippen LogP contribution is 2.31. The van der Waals surface area contributed by atoms with Crippen LogP contribution in [0.4, 0.5) is 0 Å². The molecule has 5 nitrogen and oxygen atoms in total. The molecule has 0 radical (unpaired) electrons. The quantitative estimate of drug-likeness (QED) is 0.708. The number of halogens is 1. The number of rotatable bonds is 7. The SMILES string of the molecule is NCc1cc(S(=O)(=O)NCCOC2CCCC2)c(Br)s1. The highest BCUT2D eigenvalue weighted by molar-refractivity contribution is 9.11. The smallest absolute Gasteiger partial charge is 0.242 e. The summed E-state index contributed by atoms with van der Waals surface area (Å²) in [5, 5.41) is 0. The van der Waals surface area contributed by atoms with Crippen LogP contribution in [0.2, 0.25) is 0 Å². The Morgan fingerprint density at radius 2 is 2.15 bits per heavy atom. The lowest BCUT2D eigenvalue weighted by Crippen LogP contribution is -2.28. The van der Waals surface area contributed by atoms with Crippen molar-refractivity contribution in [2.24, 2.45) is 5.73 Å². The van der Waals surface area contributed by atoms with Crippen LogP contribution in [-0.2, 0) is 21.3 Å². The Bertz CT molecular complexity index is 539. The van der Waals surface area contributed by atoms with E-state index in [1.165, 1.54) is 24.2 Å². The second-order valence-corrected chi connectivity index (χ2v) is 8.92. The van der Waals surface area contributed by atoms with Crippen molar-refractivity contribution in [1.29, 1.82) is 0 Å². The maximum Gasteiger partial charge on any atom is 0.242 e. The number of hydrogen-bond donors (Lipinski definition) is 2. The normalized spacial score (nSPS) is 16.9. The van der Waals surface area contributed by atoms with Crippen LogP contribution in [0.5, 0.6) is 0 Å². The van der Waals surface area contributed by atoms with E-state index in [9.17, 15) is 8.42 Å². The number of hydrogen-bond acceptors (Lipinski definition) is 5. The third-order valence-corrected chi connectivity index (χ3v) is 6.98. The zero-order chi connectivity index (χ0) is 14.6. The van der Waals surface area contributed by atoms with Crippen molar-refractivity contribution in [1.82, 2.24) is 4.72 Å². The molecule has 2 rings (SSSR count). The Labute approximate surface area is 132 Å². The fourth-order valence-electron chi connectivity index (χ4n) is 2.22. The maximum atomic E-state index is 12.1. The lowest BCUT2D eigenvalue weighted by molar-refractivity contribution is 0.0626. The lowest BCUT2D eigenvalue weighted by Gasteiger charge is -2.11. The Hall–Kier alpha value is 0.01000. The molecule has 0 unspecified atom stereocenters. The van der Waals surface area contributed by atoms with Crippen LogP contribution >= 0.6 is 27.3 Å². The summed E-state index contributed by atoms with van der Waals surface area (Å²) in [6, 6.07) is 1.61. The van der Waals surface area contributed by atoms with Gasteiger partial charge in [0.25, 0.3) is 0 Å². The summed E-state index contributed by atoms with van der Waals surface area (Å²) >= 11 is 4.61. The fourth-order valence-corrected chi connectivity index (χ4v) is 5.79. The van der Waals surface area contributed by atoms with Gasteiger partial charge in [0.1, 0.15) is 4.90 Å². The van der Waals surface area contributed by atoms with Gasteiger partial charge in [-0.05, 0) is 34.8 Å². The second kappa shape index (κ2) is 7.33. The highest BCUT2D eigenvalue weighted by atomic mass is 79.9. The molecule has 1 aromatic rings. The van der Waals surface area contributed by atoms with Crippen LogP contribution in [0.3, 0.4) is 0 Å².